The lowest BCUT2D eigenvalue weighted by atomic mass is 9.93. The minimum Gasteiger partial charge on any atom is -0.497 e. The predicted octanol–water partition coefficient (Wildman–Crippen LogP) is 3.05. The van der Waals surface area contributed by atoms with Crippen molar-refractivity contribution in [3.05, 3.63) is 41.2 Å². The number of hydrogen-bond acceptors (Lipinski definition) is 5. The highest BCUT2D eigenvalue weighted by Crippen LogP contribution is 2.25. The quantitative estimate of drug-likeness (QED) is 0.683. The molecule has 1 amide bonds. The van der Waals surface area contributed by atoms with Crippen LogP contribution in [0.1, 0.15) is 42.5 Å². The van der Waals surface area contributed by atoms with Crippen LogP contribution >= 0.6 is 0 Å². The molecule has 0 radical (unpaired) electrons. The summed E-state index contributed by atoms with van der Waals surface area (Å²) in [6, 6.07) is 5.64. The highest BCUT2D eigenvalue weighted by atomic mass is 16.5. The normalized spacial score (nSPS) is 17.0. The van der Waals surface area contributed by atoms with Crippen LogP contribution in [0.5, 0.6) is 11.5 Å². The van der Waals surface area contributed by atoms with Crippen LogP contribution in [0, 0.1) is 12.8 Å². The lowest BCUT2D eigenvalue weighted by Crippen LogP contribution is -2.35. The Labute approximate surface area is 179 Å². The van der Waals surface area contributed by atoms with Crippen molar-refractivity contribution in [1.29, 1.82) is 0 Å². The monoisotopic (exact) mass is 414 g/mol. The van der Waals surface area contributed by atoms with Crippen LogP contribution in [-0.4, -0.2) is 47.9 Å². The van der Waals surface area contributed by atoms with Gasteiger partial charge >= 0.3 is 0 Å². The first-order chi connectivity index (χ1) is 14.5. The highest BCUT2D eigenvalue weighted by Gasteiger charge is 2.21. The van der Waals surface area contributed by atoms with Crippen molar-refractivity contribution in [1.82, 2.24) is 20.0 Å². The van der Waals surface area contributed by atoms with Crippen molar-refractivity contribution < 1.29 is 14.3 Å². The predicted molar refractivity (Wildman–Crippen MR) is 117 cm³/mol. The molecule has 1 saturated heterocycles. The zero-order chi connectivity index (χ0) is 21.5. The molecule has 30 heavy (non-hydrogen) atoms. The second kappa shape index (κ2) is 10.5. The van der Waals surface area contributed by atoms with Gasteiger partial charge in [-0.2, -0.15) is 5.10 Å². The minimum absolute atomic E-state index is 0.0908. The van der Waals surface area contributed by atoms with Crippen molar-refractivity contribution in [2.75, 3.05) is 27.3 Å². The Bertz CT molecular complexity index is 849. The van der Waals surface area contributed by atoms with E-state index in [4.69, 9.17) is 9.47 Å². The molecule has 2 aromatic rings. The Morgan fingerprint density at radius 2 is 2.10 bits per heavy atom. The molecule has 0 aliphatic carbocycles. The molecule has 3 rings (SSSR count). The number of hydrogen-bond donors (Lipinski definition) is 1. The summed E-state index contributed by atoms with van der Waals surface area (Å²) in [5.41, 5.74) is 3.47. The van der Waals surface area contributed by atoms with E-state index in [-0.39, 0.29) is 5.91 Å². The third-order valence-corrected chi connectivity index (χ3v) is 6.08. The molecule has 1 aliphatic rings. The van der Waals surface area contributed by atoms with Gasteiger partial charge in [-0.15, -0.1) is 0 Å². The second-order valence-corrected chi connectivity index (χ2v) is 8.12. The first kappa shape index (κ1) is 22.2. The fourth-order valence-corrected chi connectivity index (χ4v) is 4.09. The third-order valence-electron chi connectivity index (χ3n) is 6.08. The fourth-order valence-electron chi connectivity index (χ4n) is 4.09. The Kier molecular flexibility index (Phi) is 7.74. The van der Waals surface area contributed by atoms with E-state index in [0.29, 0.717) is 18.9 Å². The van der Waals surface area contributed by atoms with E-state index >= 15 is 0 Å². The Hall–Kier alpha value is -2.54. The molecule has 1 aromatic heterocycles. The van der Waals surface area contributed by atoms with Crippen molar-refractivity contribution in [3.8, 4) is 11.5 Å². The summed E-state index contributed by atoms with van der Waals surface area (Å²) in [4.78, 5) is 14.9. The summed E-state index contributed by atoms with van der Waals surface area (Å²) in [7, 11) is 5.24. The Balaban J connectivity index is 1.43. The fraction of sp³-hybridized carbons (Fsp3) is 0.565. The average molecular weight is 415 g/mol. The standard InChI is InChI=1S/C23H34N4O3/c1-17-20(14-25-26(17)2)16-27-11-5-6-18(15-27)7-10-23(28)24-13-19-8-9-21(29-3)12-22(19)30-4/h8-9,12,14,18H,5-7,10-11,13,15-16H2,1-4H3,(H,24,28). The van der Waals surface area contributed by atoms with Crippen molar-refractivity contribution >= 4 is 5.91 Å². The van der Waals surface area contributed by atoms with E-state index in [9.17, 15) is 4.79 Å². The van der Waals surface area contributed by atoms with Gasteiger partial charge in [-0.1, -0.05) is 0 Å². The number of ether oxygens (including phenoxy) is 2. The van der Waals surface area contributed by atoms with Crippen molar-refractivity contribution in [2.45, 2.75) is 45.7 Å². The van der Waals surface area contributed by atoms with Crippen molar-refractivity contribution in [3.63, 3.8) is 0 Å². The number of aryl methyl sites for hydroxylation is 1. The van der Waals surface area contributed by atoms with Crippen molar-refractivity contribution in [2.24, 2.45) is 13.0 Å². The van der Waals surface area contributed by atoms with Gasteiger partial charge in [0.25, 0.3) is 0 Å². The van der Waals surface area contributed by atoms with E-state index in [1.54, 1.807) is 14.2 Å². The number of nitrogens with one attached hydrogen (secondary N) is 1. The summed E-state index contributed by atoms with van der Waals surface area (Å²) >= 11 is 0. The Morgan fingerprint density at radius 1 is 1.27 bits per heavy atom. The number of rotatable bonds is 9. The SMILES string of the molecule is COc1ccc(CNC(=O)CCC2CCCN(Cc3cnn(C)c3C)C2)c(OC)c1. The van der Waals surface area contributed by atoms with Gasteiger partial charge in [-0.25, -0.2) is 0 Å². The molecule has 7 heteroatoms. The third kappa shape index (κ3) is 5.75. The maximum atomic E-state index is 12.4. The highest BCUT2D eigenvalue weighted by molar-refractivity contribution is 5.75. The van der Waals surface area contributed by atoms with Gasteiger partial charge in [0.1, 0.15) is 11.5 Å². The molecular formula is C23H34N4O3. The molecule has 1 atom stereocenters. The first-order valence-electron chi connectivity index (χ1n) is 10.7. The number of piperidine rings is 1. The van der Waals surface area contributed by atoms with E-state index in [0.717, 1.165) is 43.1 Å². The number of carbonyl (C=O) groups excluding carboxylic acids is 1. The van der Waals surface area contributed by atoms with Crippen LogP contribution in [-0.2, 0) is 24.9 Å². The first-order valence-corrected chi connectivity index (χ1v) is 10.7. The molecule has 0 saturated carbocycles. The molecule has 2 heterocycles. The summed E-state index contributed by atoms with van der Waals surface area (Å²) in [6.07, 6.45) is 5.84. The lowest BCUT2D eigenvalue weighted by molar-refractivity contribution is -0.121. The van der Waals surface area contributed by atoms with Crippen LogP contribution in [0.15, 0.2) is 24.4 Å². The molecule has 7 nitrogen and oxygen atoms in total. The zero-order valence-electron chi connectivity index (χ0n) is 18.6. The average Bonchev–Trinajstić information content (AvgIpc) is 3.08. The summed E-state index contributed by atoms with van der Waals surface area (Å²) in [6.45, 7) is 5.69. The molecular weight excluding hydrogens is 380 g/mol. The van der Waals surface area contributed by atoms with Gasteiger partial charge in [0.2, 0.25) is 5.91 Å². The minimum atomic E-state index is 0.0908. The van der Waals surface area contributed by atoms with E-state index in [2.05, 4.69) is 22.2 Å². The number of benzene rings is 1. The molecule has 164 valence electrons. The molecule has 1 aromatic carbocycles. The summed E-state index contributed by atoms with van der Waals surface area (Å²) < 4.78 is 12.6. The molecule has 0 spiro atoms. The maximum absolute atomic E-state index is 12.4. The zero-order valence-corrected chi connectivity index (χ0v) is 18.6. The number of carbonyl (C=O) groups is 1. The largest absolute Gasteiger partial charge is 0.497 e. The van der Waals surface area contributed by atoms with Gasteiger partial charge in [-0.05, 0) is 50.8 Å². The molecule has 0 bridgehead atoms. The summed E-state index contributed by atoms with van der Waals surface area (Å²) in [5, 5.41) is 7.38. The number of nitrogens with zero attached hydrogens (tertiary/aromatic N) is 3. The topological polar surface area (TPSA) is 68.6 Å². The summed E-state index contributed by atoms with van der Waals surface area (Å²) in [5.74, 6) is 2.12. The number of methoxy groups -OCH3 is 2. The lowest BCUT2D eigenvalue weighted by Gasteiger charge is -2.32. The molecule has 1 fully saturated rings. The molecule has 1 aliphatic heterocycles. The van der Waals surface area contributed by atoms with Crippen LogP contribution in [0.3, 0.4) is 0 Å². The van der Waals surface area contributed by atoms with E-state index in [1.807, 2.05) is 36.1 Å². The van der Waals surface area contributed by atoms with Gasteiger partial charge in [0, 0.05) is 56.0 Å². The van der Waals surface area contributed by atoms with Gasteiger partial charge in [-0.3, -0.25) is 14.4 Å². The van der Waals surface area contributed by atoms with Crippen LogP contribution < -0.4 is 14.8 Å². The van der Waals surface area contributed by atoms with Crippen LogP contribution in [0.25, 0.3) is 0 Å². The number of amides is 1. The smallest absolute Gasteiger partial charge is 0.220 e. The second-order valence-electron chi connectivity index (χ2n) is 8.12. The Morgan fingerprint density at radius 3 is 2.80 bits per heavy atom. The van der Waals surface area contributed by atoms with Gasteiger partial charge < -0.3 is 14.8 Å². The number of aromatic nitrogens is 2. The van der Waals surface area contributed by atoms with E-state index in [1.165, 1.54) is 24.1 Å². The molecule has 1 N–H and O–H groups in total. The van der Waals surface area contributed by atoms with Gasteiger partial charge in [0.05, 0.1) is 20.4 Å². The number of likely N-dealkylation sites (tertiary alicyclic amines) is 1. The van der Waals surface area contributed by atoms with Crippen LogP contribution in [0.4, 0.5) is 0 Å². The molecule has 1 unspecified atom stereocenters. The van der Waals surface area contributed by atoms with Gasteiger partial charge in [0.15, 0.2) is 0 Å². The maximum Gasteiger partial charge on any atom is 0.220 e. The van der Waals surface area contributed by atoms with E-state index < -0.39 is 0 Å². The van der Waals surface area contributed by atoms with Crippen LogP contribution in [0.2, 0.25) is 0 Å².